The molecule has 0 aliphatic rings. The smallest absolute Gasteiger partial charge is 0.332 e. The van der Waals surface area contributed by atoms with Crippen LogP contribution in [0.15, 0.2) is 0 Å². The van der Waals surface area contributed by atoms with Crippen LogP contribution in [0, 0.1) is 5.92 Å². The van der Waals surface area contributed by atoms with Crippen LogP contribution in [0.25, 0.3) is 0 Å². The van der Waals surface area contributed by atoms with E-state index < -0.39 is 11.5 Å². The Kier molecular flexibility index (Phi) is 4.91. The number of hydrogen-bond acceptors (Lipinski definition) is 3. The number of rotatable bonds is 4. The molecule has 5 heteroatoms. The van der Waals surface area contributed by atoms with Gasteiger partial charge < -0.3 is 10.1 Å². The summed E-state index contributed by atoms with van der Waals surface area (Å²) in [6, 6.07) is 0. The van der Waals surface area contributed by atoms with Crippen molar-refractivity contribution in [2.45, 2.75) is 26.3 Å². The molecule has 4 nitrogen and oxygen atoms in total. The van der Waals surface area contributed by atoms with Gasteiger partial charge in [-0.3, -0.25) is 4.79 Å². The molecule has 0 aromatic heterocycles. The van der Waals surface area contributed by atoms with Crippen LogP contribution in [0.5, 0.6) is 0 Å². The van der Waals surface area contributed by atoms with Crippen molar-refractivity contribution in [1.82, 2.24) is 5.32 Å². The standard InChI is InChI=1S/C9H16ClNO3/c1-6(2)7(12)11-9(3,5-10)8(13)14-4/h6H,5H2,1-4H3,(H,11,12)/t9-/m0/s1. The number of esters is 1. The van der Waals surface area contributed by atoms with Crippen molar-refractivity contribution < 1.29 is 14.3 Å². The van der Waals surface area contributed by atoms with Crippen LogP contribution < -0.4 is 5.32 Å². The maximum atomic E-state index is 11.4. The molecule has 1 N–H and O–H groups in total. The van der Waals surface area contributed by atoms with E-state index in [0.29, 0.717) is 0 Å². The van der Waals surface area contributed by atoms with Gasteiger partial charge in [-0.05, 0) is 6.92 Å². The molecule has 0 unspecified atom stereocenters. The Morgan fingerprint density at radius 3 is 2.29 bits per heavy atom. The van der Waals surface area contributed by atoms with Gasteiger partial charge in [0.15, 0.2) is 0 Å². The first-order chi connectivity index (χ1) is 6.37. The van der Waals surface area contributed by atoms with Crippen molar-refractivity contribution in [3.05, 3.63) is 0 Å². The van der Waals surface area contributed by atoms with Crippen LogP contribution in [0.3, 0.4) is 0 Å². The second-order valence-corrected chi connectivity index (χ2v) is 3.87. The third kappa shape index (κ3) is 3.18. The van der Waals surface area contributed by atoms with Gasteiger partial charge >= 0.3 is 5.97 Å². The second-order valence-electron chi connectivity index (χ2n) is 3.60. The molecule has 1 amide bonds. The predicted molar refractivity (Wildman–Crippen MR) is 54.1 cm³/mol. The molecule has 0 aliphatic heterocycles. The Hall–Kier alpha value is -0.770. The average Bonchev–Trinajstić information content (AvgIpc) is 2.15. The fourth-order valence-electron chi connectivity index (χ4n) is 0.781. The zero-order chi connectivity index (χ0) is 11.4. The molecule has 0 heterocycles. The van der Waals surface area contributed by atoms with Gasteiger partial charge in [-0.25, -0.2) is 4.79 Å². The Balaban J connectivity index is 4.56. The molecule has 82 valence electrons. The van der Waals surface area contributed by atoms with E-state index in [1.54, 1.807) is 13.8 Å². The minimum absolute atomic E-state index is 0.0157. The largest absolute Gasteiger partial charge is 0.467 e. The molecule has 0 fully saturated rings. The van der Waals surface area contributed by atoms with Crippen LogP contribution in [0.2, 0.25) is 0 Å². The molecule has 1 atom stereocenters. The summed E-state index contributed by atoms with van der Waals surface area (Å²) >= 11 is 5.62. The molecule has 0 spiro atoms. The fourth-order valence-corrected chi connectivity index (χ4v) is 0.956. The third-order valence-electron chi connectivity index (χ3n) is 1.83. The Labute approximate surface area is 88.9 Å². The number of alkyl halides is 1. The number of amides is 1. The predicted octanol–water partition coefficient (Wildman–Crippen LogP) is 0.929. The van der Waals surface area contributed by atoms with E-state index in [0.717, 1.165) is 0 Å². The van der Waals surface area contributed by atoms with Gasteiger partial charge in [-0.1, -0.05) is 13.8 Å². The van der Waals surface area contributed by atoms with Gasteiger partial charge in [0.25, 0.3) is 0 Å². The normalized spacial score (nSPS) is 14.7. The lowest BCUT2D eigenvalue weighted by Gasteiger charge is -2.26. The molecule has 0 rings (SSSR count). The van der Waals surface area contributed by atoms with Crippen LogP contribution in [-0.4, -0.2) is 30.4 Å². The third-order valence-corrected chi connectivity index (χ3v) is 2.36. The SMILES string of the molecule is COC(=O)[C@](C)(CCl)NC(=O)C(C)C. The number of carbonyl (C=O) groups excluding carboxylic acids is 2. The maximum absolute atomic E-state index is 11.4. The molecule has 0 aliphatic carbocycles. The van der Waals surface area contributed by atoms with E-state index in [9.17, 15) is 9.59 Å². The van der Waals surface area contributed by atoms with Crippen LogP contribution in [0.1, 0.15) is 20.8 Å². The molecule has 0 saturated carbocycles. The van der Waals surface area contributed by atoms with Gasteiger partial charge in [0.05, 0.1) is 13.0 Å². The molecule has 0 bridgehead atoms. The van der Waals surface area contributed by atoms with Crippen molar-refractivity contribution in [2.75, 3.05) is 13.0 Å². The molecule has 0 radical (unpaired) electrons. The Morgan fingerprint density at radius 2 is 2.00 bits per heavy atom. The lowest BCUT2D eigenvalue weighted by molar-refractivity contribution is -0.149. The van der Waals surface area contributed by atoms with Gasteiger partial charge in [0, 0.05) is 5.92 Å². The average molecular weight is 222 g/mol. The highest BCUT2D eigenvalue weighted by molar-refractivity contribution is 6.20. The number of nitrogens with one attached hydrogen (secondary N) is 1. The lowest BCUT2D eigenvalue weighted by atomic mass is 10.0. The molecular weight excluding hydrogens is 206 g/mol. The number of hydrogen-bond donors (Lipinski definition) is 1. The summed E-state index contributed by atoms with van der Waals surface area (Å²) in [6.45, 7) is 5.01. The number of halogens is 1. The Morgan fingerprint density at radius 1 is 1.50 bits per heavy atom. The Bertz CT molecular complexity index is 230. The van der Waals surface area contributed by atoms with Gasteiger partial charge in [-0.15, -0.1) is 11.6 Å². The van der Waals surface area contributed by atoms with Gasteiger partial charge in [-0.2, -0.15) is 0 Å². The van der Waals surface area contributed by atoms with E-state index in [2.05, 4.69) is 10.1 Å². The van der Waals surface area contributed by atoms with E-state index in [1.165, 1.54) is 14.0 Å². The summed E-state index contributed by atoms with van der Waals surface area (Å²) in [6.07, 6.45) is 0. The monoisotopic (exact) mass is 221 g/mol. The summed E-state index contributed by atoms with van der Waals surface area (Å²) in [5.74, 6) is -0.972. The highest BCUT2D eigenvalue weighted by atomic mass is 35.5. The van der Waals surface area contributed by atoms with Crippen molar-refractivity contribution >= 4 is 23.5 Å². The topological polar surface area (TPSA) is 55.4 Å². The van der Waals surface area contributed by atoms with E-state index in [-0.39, 0.29) is 17.7 Å². The number of methoxy groups -OCH3 is 1. The van der Waals surface area contributed by atoms with Crippen molar-refractivity contribution in [1.29, 1.82) is 0 Å². The van der Waals surface area contributed by atoms with Crippen molar-refractivity contribution in [3.63, 3.8) is 0 Å². The van der Waals surface area contributed by atoms with Crippen molar-refractivity contribution in [3.8, 4) is 0 Å². The minimum Gasteiger partial charge on any atom is -0.467 e. The highest BCUT2D eigenvalue weighted by Crippen LogP contribution is 2.10. The van der Waals surface area contributed by atoms with Gasteiger partial charge in [0.1, 0.15) is 5.54 Å². The van der Waals surface area contributed by atoms with Gasteiger partial charge in [0.2, 0.25) is 5.91 Å². The first kappa shape index (κ1) is 13.2. The zero-order valence-corrected chi connectivity index (χ0v) is 9.64. The first-order valence-electron chi connectivity index (χ1n) is 4.33. The highest BCUT2D eigenvalue weighted by Gasteiger charge is 2.35. The van der Waals surface area contributed by atoms with Crippen LogP contribution in [-0.2, 0) is 14.3 Å². The summed E-state index contributed by atoms with van der Waals surface area (Å²) < 4.78 is 4.55. The molecule has 0 aromatic carbocycles. The van der Waals surface area contributed by atoms with E-state index in [4.69, 9.17) is 11.6 Å². The quantitative estimate of drug-likeness (QED) is 0.568. The fraction of sp³-hybridized carbons (Fsp3) is 0.778. The first-order valence-corrected chi connectivity index (χ1v) is 4.87. The van der Waals surface area contributed by atoms with Crippen molar-refractivity contribution in [2.24, 2.45) is 5.92 Å². The summed E-state index contributed by atoms with van der Waals surface area (Å²) in [5, 5.41) is 2.55. The van der Waals surface area contributed by atoms with E-state index in [1.807, 2.05) is 0 Å². The molecule has 14 heavy (non-hydrogen) atoms. The molecular formula is C9H16ClNO3. The van der Waals surface area contributed by atoms with Crippen LogP contribution >= 0.6 is 11.6 Å². The van der Waals surface area contributed by atoms with E-state index >= 15 is 0 Å². The second kappa shape index (κ2) is 5.20. The molecule has 0 saturated heterocycles. The summed E-state index contributed by atoms with van der Waals surface area (Å²) in [7, 11) is 1.26. The summed E-state index contributed by atoms with van der Waals surface area (Å²) in [4.78, 5) is 22.7. The van der Waals surface area contributed by atoms with Crippen LogP contribution in [0.4, 0.5) is 0 Å². The zero-order valence-electron chi connectivity index (χ0n) is 8.89. The maximum Gasteiger partial charge on any atom is 0.332 e. The number of carbonyl (C=O) groups is 2. The number of ether oxygens (including phenoxy) is 1. The lowest BCUT2D eigenvalue weighted by Crippen LogP contribution is -2.55. The molecule has 0 aromatic rings. The minimum atomic E-state index is -1.14. The summed E-state index contributed by atoms with van der Waals surface area (Å²) in [5.41, 5.74) is -1.14.